The third-order valence-corrected chi connectivity index (χ3v) is 4.23. The Balaban J connectivity index is 2.13. The van der Waals surface area contributed by atoms with Crippen LogP contribution >= 0.6 is 0 Å². The number of benzene rings is 1. The summed E-state index contributed by atoms with van der Waals surface area (Å²) in [6.07, 6.45) is 0. The van der Waals surface area contributed by atoms with Gasteiger partial charge < -0.3 is 15.8 Å². The first-order valence-electron chi connectivity index (χ1n) is 8.03. The minimum absolute atomic E-state index is 0.104. The van der Waals surface area contributed by atoms with Gasteiger partial charge in [0.25, 0.3) is 5.91 Å². The lowest BCUT2D eigenvalue weighted by Crippen LogP contribution is -2.21. The van der Waals surface area contributed by atoms with Crippen molar-refractivity contribution >= 4 is 17.5 Å². The normalized spacial score (nSPS) is 11.9. The maximum absolute atomic E-state index is 12.6. The van der Waals surface area contributed by atoms with Crippen LogP contribution in [-0.2, 0) is 16.6 Å². The number of rotatable bonds is 6. The van der Waals surface area contributed by atoms with Gasteiger partial charge in [0.1, 0.15) is 5.75 Å². The van der Waals surface area contributed by atoms with E-state index in [0.717, 1.165) is 22.5 Å². The number of aromatic nitrogens is 2. The van der Waals surface area contributed by atoms with Crippen LogP contribution in [0.25, 0.3) is 0 Å². The van der Waals surface area contributed by atoms with E-state index in [1.807, 2.05) is 34.7 Å². The summed E-state index contributed by atoms with van der Waals surface area (Å²) in [5.41, 5.74) is 9.37. The predicted molar refractivity (Wildman–Crippen MR) is 95.6 cm³/mol. The van der Waals surface area contributed by atoms with Crippen LogP contribution in [-0.4, -0.2) is 28.2 Å². The lowest BCUT2D eigenvalue weighted by molar-refractivity contribution is -0.120. The number of ether oxygens (including phenoxy) is 1. The fourth-order valence-corrected chi connectivity index (χ4v) is 2.81. The average molecular weight is 344 g/mol. The van der Waals surface area contributed by atoms with Crippen LogP contribution < -0.4 is 15.8 Å². The summed E-state index contributed by atoms with van der Waals surface area (Å²) < 4.78 is 7.04. The van der Waals surface area contributed by atoms with Crippen LogP contribution in [0.5, 0.6) is 5.75 Å². The zero-order chi connectivity index (χ0) is 18.7. The zero-order valence-corrected chi connectivity index (χ0v) is 15.2. The monoisotopic (exact) mass is 344 g/mol. The molecule has 25 heavy (non-hydrogen) atoms. The molecule has 0 spiro atoms. The number of primary amides is 1. The SMILES string of the molecule is Cc1cc(OCC(N)=O)ccc1NC(=O)C(C)c1c(C)nn(C)c1C. The summed E-state index contributed by atoms with van der Waals surface area (Å²) in [4.78, 5) is 23.4. The molecule has 0 saturated heterocycles. The molecule has 1 aromatic heterocycles. The number of hydrogen-bond donors (Lipinski definition) is 2. The topological polar surface area (TPSA) is 99.2 Å². The smallest absolute Gasteiger partial charge is 0.255 e. The summed E-state index contributed by atoms with van der Waals surface area (Å²) in [6.45, 7) is 7.41. The molecule has 0 bridgehead atoms. The minimum atomic E-state index is -0.536. The van der Waals surface area contributed by atoms with Crippen LogP contribution in [0.1, 0.15) is 35.4 Å². The molecule has 1 aromatic carbocycles. The van der Waals surface area contributed by atoms with Gasteiger partial charge in [-0.1, -0.05) is 0 Å². The summed E-state index contributed by atoms with van der Waals surface area (Å²) in [5.74, 6) is -0.431. The molecule has 2 rings (SSSR count). The fraction of sp³-hybridized carbons (Fsp3) is 0.389. The minimum Gasteiger partial charge on any atom is -0.484 e. The van der Waals surface area contributed by atoms with Crippen LogP contribution in [0.4, 0.5) is 5.69 Å². The molecule has 0 radical (unpaired) electrons. The number of carbonyl (C=O) groups is 2. The number of hydrogen-bond acceptors (Lipinski definition) is 4. The predicted octanol–water partition coefficient (Wildman–Crippen LogP) is 1.95. The van der Waals surface area contributed by atoms with Crippen LogP contribution in [0.15, 0.2) is 18.2 Å². The first kappa shape index (κ1) is 18.5. The van der Waals surface area contributed by atoms with E-state index >= 15 is 0 Å². The number of anilines is 1. The summed E-state index contributed by atoms with van der Waals surface area (Å²) in [7, 11) is 1.87. The van der Waals surface area contributed by atoms with E-state index in [-0.39, 0.29) is 18.4 Å². The number of nitrogens with zero attached hydrogens (tertiary/aromatic N) is 2. The molecule has 0 aliphatic carbocycles. The molecule has 1 unspecified atom stereocenters. The van der Waals surface area contributed by atoms with Gasteiger partial charge in [0.05, 0.1) is 11.6 Å². The van der Waals surface area contributed by atoms with E-state index in [4.69, 9.17) is 10.5 Å². The van der Waals surface area contributed by atoms with Crippen molar-refractivity contribution in [2.24, 2.45) is 12.8 Å². The number of carbonyl (C=O) groups excluding carboxylic acids is 2. The van der Waals surface area contributed by atoms with Crippen molar-refractivity contribution in [2.45, 2.75) is 33.6 Å². The lowest BCUT2D eigenvalue weighted by atomic mass is 9.98. The van der Waals surface area contributed by atoms with E-state index in [1.165, 1.54) is 0 Å². The molecule has 2 amide bonds. The molecule has 7 nitrogen and oxygen atoms in total. The van der Waals surface area contributed by atoms with Crippen molar-refractivity contribution in [3.63, 3.8) is 0 Å². The molecule has 0 fully saturated rings. The maximum Gasteiger partial charge on any atom is 0.255 e. The highest BCUT2D eigenvalue weighted by molar-refractivity contribution is 5.96. The van der Waals surface area contributed by atoms with Gasteiger partial charge in [-0.05, 0) is 51.5 Å². The largest absolute Gasteiger partial charge is 0.484 e. The van der Waals surface area contributed by atoms with E-state index < -0.39 is 5.91 Å². The van der Waals surface area contributed by atoms with Crippen molar-refractivity contribution in [1.82, 2.24) is 9.78 Å². The van der Waals surface area contributed by atoms with Crippen LogP contribution in [0.3, 0.4) is 0 Å². The fourth-order valence-electron chi connectivity index (χ4n) is 2.81. The van der Waals surface area contributed by atoms with E-state index in [1.54, 1.807) is 22.9 Å². The van der Waals surface area contributed by atoms with Crippen molar-refractivity contribution in [3.8, 4) is 5.75 Å². The van der Waals surface area contributed by atoms with E-state index in [9.17, 15) is 9.59 Å². The second kappa shape index (κ2) is 7.38. The first-order chi connectivity index (χ1) is 11.7. The Morgan fingerprint density at radius 3 is 2.52 bits per heavy atom. The molecule has 0 aliphatic rings. The van der Waals surface area contributed by atoms with Crippen molar-refractivity contribution < 1.29 is 14.3 Å². The number of nitrogens with two attached hydrogens (primary N) is 1. The first-order valence-corrected chi connectivity index (χ1v) is 8.03. The molecule has 0 saturated carbocycles. The van der Waals surface area contributed by atoms with Crippen molar-refractivity contribution in [2.75, 3.05) is 11.9 Å². The zero-order valence-electron chi connectivity index (χ0n) is 15.2. The molecule has 0 aliphatic heterocycles. The molecule has 7 heteroatoms. The quantitative estimate of drug-likeness (QED) is 0.836. The van der Waals surface area contributed by atoms with Gasteiger partial charge in [-0.3, -0.25) is 14.3 Å². The third kappa shape index (κ3) is 4.17. The molecule has 134 valence electrons. The number of aryl methyl sites for hydroxylation is 3. The highest BCUT2D eigenvalue weighted by atomic mass is 16.5. The second-order valence-electron chi connectivity index (χ2n) is 6.15. The van der Waals surface area contributed by atoms with E-state index in [2.05, 4.69) is 10.4 Å². The molecular formula is C18H24N4O3. The van der Waals surface area contributed by atoms with Gasteiger partial charge >= 0.3 is 0 Å². The average Bonchev–Trinajstić information content (AvgIpc) is 2.79. The Bertz CT molecular complexity index is 811. The maximum atomic E-state index is 12.6. The summed E-state index contributed by atoms with van der Waals surface area (Å²) in [5, 5.41) is 7.31. The highest BCUT2D eigenvalue weighted by Crippen LogP contribution is 2.26. The van der Waals surface area contributed by atoms with Gasteiger partial charge in [0.15, 0.2) is 6.61 Å². The van der Waals surface area contributed by atoms with Gasteiger partial charge in [-0.15, -0.1) is 0 Å². The lowest BCUT2D eigenvalue weighted by Gasteiger charge is -2.15. The number of amides is 2. The standard InChI is InChI=1S/C18H24N4O3/c1-10-8-14(25-9-16(19)23)6-7-15(10)20-18(24)11(2)17-12(3)21-22(5)13(17)4/h6-8,11H,9H2,1-5H3,(H2,19,23)(H,20,24). The molecular weight excluding hydrogens is 320 g/mol. The Labute approximate surface area is 147 Å². The Morgan fingerprint density at radius 2 is 2.00 bits per heavy atom. The summed E-state index contributed by atoms with van der Waals surface area (Å²) >= 11 is 0. The highest BCUT2D eigenvalue weighted by Gasteiger charge is 2.23. The molecule has 3 N–H and O–H groups in total. The Hall–Kier alpha value is -2.83. The van der Waals surface area contributed by atoms with Crippen molar-refractivity contribution in [1.29, 1.82) is 0 Å². The van der Waals surface area contributed by atoms with Gasteiger partial charge in [0.2, 0.25) is 5.91 Å². The second-order valence-corrected chi connectivity index (χ2v) is 6.15. The Morgan fingerprint density at radius 1 is 1.32 bits per heavy atom. The number of nitrogens with one attached hydrogen (secondary N) is 1. The molecule has 1 heterocycles. The van der Waals surface area contributed by atoms with Crippen LogP contribution in [0.2, 0.25) is 0 Å². The van der Waals surface area contributed by atoms with E-state index in [0.29, 0.717) is 11.4 Å². The molecule has 2 aromatic rings. The van der Waals surface area contributed by atoms with Crippen molar-refractivity contribution in [3.05, 3.63) is 40.7 Å². The Kier molecular flexibility index (Phi) is 5.46. The third-order valence-electron chi connectivity index (χ3n) is 4.23. The van der Waals surface area contributed by atoms with Crippen LogP contribution in [0, 0.1) is 20.8 Å². The summed E-state index contributed by atoms with van der Waals surface area (Å²) in [6, 6.07) is 5.19. The van der Waals surface area contributed by atoms with Gasteiger partial charge in [-0.25, -0.2) is 0 Å². The van der Waals surface area contributed by atoms with Gasteiger partial charge in [0, 0.05) is 24.0 Å². The molecule has 1 atom stereocenters. The van der Waals surface area contributed by atoms with Gasteiger partial charge in [-0.2, -0.15) is 5.10 Å².